The number of aromatic carboxylic acids is 1. The molecule has 0 aliphatic heterocycles. The van der Waals surface area contributed by atoms with Crippen LogP contribution in [0.3, 0.4) is 0 Å². The highest BCUT2D eigenvalue weighted by Crippen LogP contribution is 2.10. The fourth-order valence-corrected chi connectivity index (χ4v) is 2.72. The monoisotopic (exact) mass is 310 g/mol. The number of carbonyl (C=O) groups is 1. The van der Waals surface area contributed by atoms with Gasteiger partial charge in [0.05, 0.1) is 10.5 Å². The summed E-state index contributed by atoms with van der Waals surface area (Å²) in [7, 11) is -1.90. The predicted molar refractivity (Wildman–Crippen MR) is 73.3 cm³/mol. The molecule has 1 heterocycles. The Morgan fingerprint density at radius 1 is 1.33 bits per heavy atom. The fourth-order valence-electron chi connectivity index (χ4n) is 1.69. The van der Waals surface area contributed by atoms with Crippen LogP contribution < -0.4 is 4.72 Å². The van der Waals surface area contributed by atoms with Gasteiger partial charge in [-0.15, -0.1) is 10.2 Å². The summed E-state index contributed by atoms with van der Waals surface area (Å²) in [5.41, 5.74) is 0.0352. The number of nitrogens with zero attached hydrogens (tertiary/aromatic N) is 3. The molecule has 8 nitrogen and oxygen atoms in total. The Labute approximate surface area is 121 Å². The minimum Gasteiger partial charge on any atom is -0.478 e. The summed E-state index contributed by atoms with van der Waals surface area (Å²) < 4.78 is 28.2. The highest BCUT2D eigenvalue weighted by molar-refractivity contribution is 7.89. The van der Waals surface area contributed by atoms with Gasteiger partial charge in [0.25, 0.3) is 0 Å². The van der Waals surface area contributed by atoms with E-state index in [1.54, 1.807) is 11.6 Å². The maximum Gasteiger partial charge on any atom is 0.335 e. The normalized spacial score (nSPS) is 11.5. The molecule has 0 bridgehead atoms. The fraction of sp³-hybridized carbons (Fsp3) is 0.250. The van der Waals surface area contributed by atoms with Gasteiger partial charge in [-0.1, -0.05) is 0 Å². The van der Waals surface area contributed by atoms with E-state index >= 15 is 0 Å². The summed E-state index contributed by atoms with van der Waals surface area (Å²) in [4.78, 5) is 10.7. The summed E-state index contributed by atoms with van der Waals surface area (Å²) in [5.74, 6) is -0.437. The van der Waals surface area contributed by atoms with Gasteiger partial charge in [-0.3, -0.25) is 0 Å². The van der Waals surface area contributed by atoms with Crippen molar-refractivity contribution >= 4 is 16.0 Å². The second-order valence-electron chi connectivity index (χ2n) is 4.34. The molecule has 0 amide bonds. The molecule has 112 valence electrons. The largest absolute Gasteiger partial charge is 0.478 e. The molecule has 0 aliphatic rings. The molecule has 0 radical (unpaired) electrons. The molecule has 0 atom stereocenters. The zero-order valence-corrected chi connectivity index (χ0v) is 12.0. The maximum atomic E-state index is 12.0. The molecule has 0 fully saturated rings. The van der Waals surface area contributed by atoms with Gasteiger partial charge in [0.2, 0.25) is 10.0 Å². The molecule has 0 unspecified atom stereocenters. The highest BCUT2D eigenvalue weighted by atomic mass is 32.2. The van der Waals surface area contributed by atoms with Crippen LogP contribution in [0.1, 0.15) is 16.2 Å². The van der Waals surface area contributed by atoms with E-state index in [4.69, 9.17) is 5.11 Å². The van der Waals surface area contributed by atoms with Crippen LogP contribution in [-0.4, -0.2) is 40.8 Å². The molecule has 0 aliphatic carbocycles. The molecule has 1 aromatic heterocycles. The summed E-state index contributed by atoms with van der Waals surface area (Å²) in [6, 6.07) is 5.02. The number of sulfonamides is 1. The first-order chi connectivity index (χ1) is 9.90. The lowest BCUT2D eigenvalue weighted by molar-refractivity contribution is 0.0696. The van der Waals surface area contributed by atoms with Gasteiger partial charge in [-0.2, -0.15) is 0 Å². The third-order valence-corrected chi connectivity index (χ3v) is 4.33. The molecule has 0 saturated heterocycles. The van der Waals surface area contributed by atoms with Crippen LogP contribution in [0.25, 0.3) is 0 Å². The number of aromatic nitrogens is 3. The molecule has 1 aromatic carbocycles. The minimum atomic E-state index is -3.67. The minimum absolute atomic E-state index is 0.0189. The van der Waals surface area contributed by atoms with Crippen molar-refractivity contribution < 1.29 is 18.3 Å². The smallest absolute Gasteiger partial charge is 0.335 e. The van der Waals surface area contributed by atoms with Crippen molar-refractivity contribution in [3.8, 4) is 0 Å². The first-order valence-corrected chi connectivity index (χ1v) is 7.54. The highest BCUT2D eigenvalue weighted by Gasteiger charge is 2.14. The number of hydrogen-bond acceptors (Lipinski definition) is 5. The zero-order valence-electron chi connectivity index (χ0n) is 11.2. The van der Waals surface area contributed by atoms with E-state index in [0.29, 0.717) is 12.2 Å². The number of benzene rings is 1. The molecule has 9 heteroatoms. The number of hydrogen-bond donors (Lipinski definition) is 2. The van der Waals surface area contributed by atoms with Crippen LogP contribution >= 0.6 is 0 Å². The van der Waals surface area contributed by atoms with E-state index in [1.807, 2.05) is 0 Å². The van der Waals surface area contributed by atoms with Gasteiger partial charge < -0.3 is 9.67 Å². The van der Waals surface area contributed by atoms with E-state index in [0.717, 1.165) is 0 Å². The topological polar surface area (TPSA) is 114 Å². The Hall–Kier alpha value is -2.26. The van der Waals surface area contributed by atoms with Crippen LogP contribution in [0.4, 0.5) is 0 Å². The number of nitrogens with one attached hydrogen (secondary N) is 1. The lowest BCUT2D eigenvalue weighted by atomic mass is 10.2. The third kappa shape index (κ3) is 3.64. The Morgan fingerprint density at radius 2 is 2.00 bits per heavy atom. The Bertz CT molecular complexity index is 737. The Morgan fingerprint density at radius 3 is 2.52 bits per heavy atom. The first-order valence-electron chi connectivity index (χ1n) is 6.06. The molecule has 0 saturated carbocycles. The maximum absolute atomic E-state index is 12.0. The van der Waals surface area contributed by atoms with Crippen LogP contribution in [0.5, 0.6) is 0 Å². The second kappa shape index (κ2) is 6.02. The SMILES string of the molecule is Cn1cnnc1CCNS(=O)(=O)c1ccc(C(=O)O)cc1. The summed E-state index contributed by atoms with van der Waals surface area (Å²) in [5, 5.41) is 16.3. The van der Waals surface area contributed by atoms with Crippen molar-refractivity contribution in [1.82, 2.24) is 19.5 Å². The van der Waals surface area contributed by atoms with Gasteiger partial charge in [0.15, 0.2) is 0 Å². The number of carboxylic acids is 1. The predicted octanol–water partition coefficient (Wildman–Crippen LogP) is 0.0343. The van der Waals surface area contributed by atoms with Crippen LogP contribution in [0.2, 0.25) is 0 Å². The van der Waals surface area contributed by atoms with Crippen molar-refractivity contribution in [2.75, 3.05) is 6.54 Å². The molecule has 0 spiro atoms. The lowest BCUT2D eigenvalue weighted by Gasteiger charge is -2.06. The third-order valence-electron chi connectivity index (χ3n) is 2.86. The molecule has 21 heavy (non-hydrogen) atoms. The molecule has 2 N–H and O–H groups in total. The molecule has 2 rings (SSSR count). The van der Waals surface area contributed by atoms with Gasteiger partial charge in [0.1, 0.15) is 12.2 Å². The second-order valence-corrected chi connectivity index (χ2v) is 6.10. The van der Waals surface area contributed by atoms with E-state index in [9.17, 15) is 13.2 Å². The van der Waals surface area contributed by atoms with Crippen LogP contribution in [0, 0.1) is 0 Å². The quantitative estimate of drug-likeness (QED) is 0.778. The van der Waals surface area contributed by atoms with Crippen molar-refractivity contribution in [2.24, 2.45) is 7.05 Å². The average molecular weight is 310 g/mol. The van der Waals surface area contributed by atoms with E-state index < -0.39 is 16.0 Å². The Balaban J connectivity index is 2.01. The van der Waals surface area contributed by atoms with Gasteiger partial charge in [-0.05, 0) is 24.3 Å². The standard InChI is InChI=1S/C12H14N4O4S/c1-16-8-13-15-11(16)6-7-14-21(19,20)10-4-2-9(3-5-10)12(17)18/h2-5,8,14H,6-7H2,1H3,(H,17,18). The zero-order chi connectivity index (χ0) is 15.5. The van der Waals surface area contributed by atoms with Gasteiger partial charge >= 0.3 is 5.97 Å². The number of aryl methyl sites for hydroxylation is 1. The molecular weight excluding hydrogens is 296 g/mol. The van der Waals surface area contributed by atoms with Crippen molar-refractivity contribution in [1.29, 1.82) is 0 Å². The first kappa shape index (κ1) is 15.1. The van der Waals surface area contributed by atoms with Crippen molar-refractivity contribution in [3.05, 3.63) is 42.0 Å². The lowest BCUT2D eigenvalue weighted by Crippen LogP contribution is -2.26. The molecule has 2 aromatic rings. The summed E-state index contributed by atoms with van der Waals surface area (Å²) in [6.45, 7) is 0.176. The Kier molecular flexibility index (Phi) is 4.34. The molecular formula is C12H14N4O4S. The van der Waals surface area contributed by atoms with Crippen LogP contribution in [0.15, 0.2) is 35.5 Å². The van der Waals surface area contributed by atoms with Gasteiger partial charge in [0, 0.05) is 20.0 Å². The van der Waals surface area contributed by atoms with Crippen molar-refractivity contribution in [2.45, 2.75) is 11.3 Å². The average Bonchev–Trinajstić information content (AvgIpc) is 2.84. The summed E-state index contributed by atoms with van der Waals surface area (Å²) >= 11 is 0. The number of rotatable bonds is 6. The van der Waals surface area contributed by atoms with E-state index in [1.165, 1.54) is 30.6 Å². The van der Waals surface area contributed by atoms with Gasteiger partial charge in [-0.25, -0.2) is 17.9 Å². The number of carboxylic acid groups (broad SMARTS) is 1. The van der Waals surface area contributed by atoms with Crippen LogP contribution in [-0.2, 0) is 23.5 Å². The summed E-state index contributed by atoms with van der Waals surface area (Å²) in [6.07, 6.45) is 1.94. The van der Waals surface area contributed by atoms with Crippen molar-refractivity contribution in [3.63, 3.8) is 0 Å². The van der Waals surface area contributed by atoms with E-state index in [2.05, 4.69) is 14.9 Å². The van der Waals surface area contributed by atoms with E-state index in [-0.39, 0.29) is 17.0 Å².